The molecule has 122 valence electrons. The standard InChI is InChI=1S/C16H16ClNO5/c1-22-7-6-18-14(19)9-23-13-8-12(16(17)21)15(20)11-5-3-2-4-10(11)13/h2-5,8,20H,6-7,9H2,1H3,(H,18,19). The van der Waals surface area contributed by atoms with Gasteiger partial charge in [0.05, 0.1) is 12.2 Å². The molecule has 0 aromatic heterocycles. The minimum Gasteiger partial charge on any atom is -0.506 e. The molecule has 0 heterocycles. The van der Waals surface area contributed by atoms with Crippen molar-refractivity contribution in [2.75, 3.05) is 26.9 Å². The molecule has 23 heavy (non-hydrogen) atoms. The van der Waals surface area contributed by atoms with Gasteiger partial charge in [-0.15, -0.1) is 0 Å². The van der Waals surface area contributed by atoms with Crippen LogP contribution in [0.3, 0.4) is 0 Å². The molecule has 0 aliphatic rings. The fourth-order valence-corrected chi connectivity index (χ4v) is 2.23. The third-order valence-corrected chi connectivity index (χ3v) is 3.38. The van der Waals surface area contributed by atoms with Crippen LogP contribution < -0.4 is 10.1 Å². The van der Waals surface area contributed by atoms with Crippen molar-refractivity contribution in [2.24, 2.45) is 0 Å². The Bertz CT molecular complexity index is 732. The second-order valence-electron chi connectivity index (χ2n) is 4.72. The summed E-state index contributed by atoms with van der Waals surface area (Å²) in [6.45, 7) is 0.549. The Morgan fingerprint density at radius 2 is 1.96 bits per heavy atom. The summed E-state index contributed by atoms with van der Waals surface area (Å²) in [7, 11) is 1.54. The number of hydrogen-bond donors (Lipinski definition) is 2. The molecule has 0 aliphatic carbocycles. The first-order chi connectivity index (χ1) is 11.0. The van der Waals surface area contributed by atoms with Crippen LogP contribution in [0.1, 0.15) is 10.4 Å². The maximum atomic E-state index is 11.7. The third-order valence-electron chi connectivity index (χ3n) is 3.18. The Labute approximate surface area is 138 Å². The number of fused-ring (bicyclic) bond motifs is 1. The van der Waals surface area contributed by atoms with E-state index < -0.39 is 5.24 Å². The van der Waals surface area contributed by atoms with Crippen LogP contribution in [-0.4, -0.2) is 43.1 Å². The van der Waals surface area contributed by atoms with E-state index in [0.29, 0.717) is 29.7 Å². The zero-order valence-electron chi connectivity index (χ0n) is 12.5. The molecule has 1 amide bonds. The Morgan fingerprint density at radius 3 is 2.61 bits per heavy atom. The molecular weight excluding hydrogens is 322 g/mol. The quantitative estimate of drug-likeness (QED) is 0.597. The first kappa shape index (κ1) is 17.1. The molecule has 0 unspecified atom stereocenters. The van der Waals surface area contributed by atoms with Gasteiger partial charge in [0.2, 0.25) is 0 Å². The van der Waals surface area contributed by atoms with Gasteiger partial charge in [-0.05, 0) is 17.7 Å². The SMILES string of the molecule is COCCNC(=O)COc1cc(C(=O)Cl)c(O)c2ccccc12. The molecule has 0 saturated carbocycles. The molecule has 0 saturated heterocycles. The molecule has 0 bridgehead atoms. The van der Waals surface area contributed by atoms with Gasteiger partial charge in [-0.1, -0.05) is 24.3 Å². The first-order valence-electron chi connectivity index (χ1n) is 6.87. The Kier molecular flexibility index (Phi) is 5.78. The average Bonchev–Trinajstić information content (AvgIpc) is 2.54. The summed E-state index contributed by atoms with van der Waals surface area (Å²) in [6.07, 6.45) is 0. The molecule has 0 aliphatic heterocycles. The number of ether oxygens (including phenoxy) is 2. The van der Waals surface area contributed by atoms with Gasteiger partial charge in [0, 0.05) is 24.4 Å². The number of amides is 1. The van der Waals surface area contributed by atoms with Crippen LogP contribution in [0.2, 0.25) is 0 Å². The van der Waals surface area contributed by atoms with E-state index in [1.165, 1.54) is 13.2 Å². The van der Waals surface area contributed by atoms with E-state index in [2.05, 4.69) is 5.32 Å². The van der Waals surface area contributed by atoms with E-state index in [4.69, 9.17) is 21.1 Å². The lowest BCUT2D eigenvalue weighted by Gasteiger charge is -2.12. The highest BCUT2D eigenvalue weighted by molar-refractivity contribution is 6.68. The monoisotopic (exact) mass is 337 g/mol. The zero-order valence-corrected chi connectivity index (χ0v) is 13.2. The minimum absolute atomic E-state index is 0.0693. The lowest BCUT2D eigenvalue weighted by atomic mass is 10.0. The van der Waals surface area contributed by atoms with Crippen LogP contribution in [0.15, 0.2) is 30.3 Å². The third kappa shape index (κ3) is 4.12. The van der Waals surface area contributed by atoms with E-state index in [0.717, 1.165) is 0 Å². The minimum atomic E-state index is -0.803. The molecule has 0 atom stereocenters. The maximum absolute atomic E-state index is 11.7. The predicted molar refractivity (Wildman–Crippen MR) is 86.2 cm³/mol. The maximum Gasteiger partial charge on any atom is 0.258 e. The number of methoxy groups -OCH3 is 1. The molecule has 0 radical (unpaired) electrons. The number of halogens is 1. The lowest BCUT2D eigenvalue weighted by Crippen LogP contribution is -2.31. The number of carbonyl (C=O) groups excluding carboxylic acids is 2. The second-order valence-corrected chi connectivity index (χ2v) is 5.06. The lowest BCUT2D eigenvalue weighted by molar-refractivity contribution is -0.123. The van der Waals surface area contributed by atoms with E-state index in [9.17, 15) is 14.7 Å². The van der Waals surface area contributed by atoms with Crippen molar-refractivity contribution >= 4 is 33.5 Å². The van der Waals surface area contributed by atoms with Crippen LogP contribution >= 0.6 is 11.6 Å². The zero-order chi connectivity index (χ0) is 16.8. The molecule has 2 rings (SSSR count). The molecule has 2 aromatic rings. The van der Waals surface area contributed by atoms with Crippen LogP contribution in [0.5, 0.6) is 11.5 Å². The average molecular weight is 338 g/mol. The molecule has 0 fully saturated rings. The van der Waals surface area contributed by atoms with Gasteiger partial charge in [-0.2, -0.15) is 0 Å². The summed E-state index contributed by atoms with van der Waals surface area (Å²) in [4.78, 5) is 23.1. The number of benzene rings is 2. The first-order valence-corrected chi connectivity index (χ1v) is 7.25. The van der Waals surface area contributed by atoms with Crippen molar-refractivity contribution in [3.8, 4) is 11.5 Å². The normalized spacial score (nSPS) is 10.5. The van der Waals surface area contributed by atoms with Gasteiger partial charge >= 0.3 is 0 Å². The number of phenols is 1. The van der Waals surface area contributed by atoms with Crippen LogP contribution in [0, 0.1) is 0 Å². The summed E-state index contributed by atoms with van der Waals surface area (Å²) in [6, 6.07) is 8.16. The van der Waals surface area contributed by atoms with Gasteiger partial charge in [0.15, 0.2) is 6.61 Å². The van der Waals surface area contributed by atoms with E-state index in [-0.39, 0.29) is 23.8 Å². The van der Waals surface area contributed by atoms with Crippen molar-refractivity contribution in [2.45, 2.75) is 0 Å². The predicted octanol–water partition coefficient (Wildman–Crippen LogP) is 2.07. The number of nitrogens with one attached hydrogen (secondary N) is 1. The van der Waals surface area contributed by atoms with Crippen LogP contribution in [-0.2, 0) is 9.53 Å². The van der Waals surface area contributed by atoms with Gasteiger partial charge in [0.25, 0.3) is 11.1 Å². The summed E-state index contributed by atoms with van der Waals surface area (Å²) in [5.41, 5.74) is -0.0693. The summed E-state index contributed by atoms with van der Waals surface area (Å²) >= 11 is 5.48. The van der Waals surface area contributed by atoms with Crippen molar-refractivity contribution in [1.82, 2.24) is 5.32 Å². The molecule has 7 heteroatoms. The molecular formula is C16H16ClNO5. The van der Waals surface area contributed by atoms with Crippen molar-refractivity contribution in [3.63, 3.8) is 0 Å². The van der Waals surface area contributed by atoms with E-state index in [1.54, 1.807) is 24.3 Å². The summed E-state index contributed by atoms with van der Waals surface area (Å²) in [5, 5.41) is 12.9. The highest BCUT2D eigenvalue weighted by Crippen LogP contribution is 2.36. The number of rotatable bonds is 7. The van der Waals surface area contributed by atoms with Crippen molar-refractivity contribution in [3.05, 3.63) is 35.9 Å². The molecule has 6 nitrogen and oxygen atoms in total. The van der Waals surface area contributed by atoms with Gasteiger partial charge in [-0.25, -0.2) is 0 Å². The number of aromatic hydroxyl groups is 1. The van der Waals surface area contributed by atoms with Gasteiger partial charge in [-0.3, -0.25) is 9.59 Å². The summed E-state index contributed by atoms with van der Waals surface area (Å²) in [5.74, 6) is -0.236. The van der Waals surface area contributed by atoms with E-state index in [1.807, 2.05) is 0 Å². The van der Waals surface area contributed by atoms with Gasteiger partial charge in [0.1, 0.15) is 11.5 Å². The van der Waals surface area contributed by atoms with Crippen molar-refractivity contribution < 1.29 is 24.2 Å². The second kappa shape index (κ2) is 7.80. The van der Waals surface area contributed by atoms with Crippen molar-refractivity contribution in [1.29, 1.82) is 0 Å². The highest BCUT2D eigenvalue weighted by Gasteiger charge is 2.16. The molecule has 0 spiro atoms. The topological polar surface area (TPSA) is 84.9 Å². The fraction of sp³-hybridized carbons (Fsp3) is 0.250. The van der Waals surface area contributed by atoms with E-state index >= 15 is 0 Å². The smallest absolute Gasteiger partial charge is 0.258 e. The number of carbonyl (C=O) groups is 2. The highest BCUT2D eigenvalue weighted by atomic mass is 35.5. The Morgan fingerprint density at radius 1 is 1.26 bits per heavy atom. The van der Waals surface area contributed by atoms with Gasteiger partial charge < -0.3 is 19.9 Å². The Hall–Kier alpha value is -2.31. The molecule has 2 aromatic carbocycles. The molecule has 2 N–H and O–H groups in total. The number of hydrogen-bond acceptors (Lipinski definition) is 5. The number of phenolic OH excluding ortho intramolecular Hbond substituents is 1. The fourth-order valence-electron chi connectivity index (χ4n) is 2.08. The summed E-state index contributed by atoms with van der Waals surface area (Å²) < 4.78 is 10.3. The Balaban J connectivity index is 2.24. The van der Waals surface area contributed by atoms with Crippen LogP contribution in [0.25, 0.3) is 10.8 Å². The largest absolute Gasteiger partial charge is 0.506 e. The van der Waals surface area contributed by atoms with Crippen LogP contribution in [0.4, 0.5) is 0 Å².